The fourth-order valence-electron chi connectivity index (χ4n) is 1.02. The molecule has 0 saturated carbocycles. The third kappa shape index (κ3) is 4.94. The maximum atomic E-state index is 10.4. The summed E-state index contributed by atoms with van der Waals surface area (Å²) in [4.78, 5) is 19.7. The van der Waals surface area contributed by atoms with E-state index < -0.39 is 4.92 Å². The van der Waals surface area contributed by atoms with Crippen molar-refractivity contribution in [1.29, 1.82) is 0 Å². The molecule has 0 amide bonds. The lowest BCUT2D eigenvalue weighted by molar-refractivity contribution is -0.384. The standard InChI is InChI=1S/C10H11NO6/c12-7-16-8-15-5-6-17-10-3-1-9(2-4-10)11(13)14/h1-4,7H,5-6,8H2. The predicted molar refractivity (Wildman–Crippen MR) is 56.6 cm³/mol. The van der Waals surface area contributed by atoms with E-state index in [-0.39, 0.29) is 32.2 Å². The molecule has 0 saturated heterocycles. The van der Waals surface area contributed by atoms with Crippen LogP contribution in [0.3, 0.4) is 0 Å². The topological polar surface area (TPSA) is 87.9 Å². The highest BCUT2D eigenvalue weighted by Gasteiger charge is 2.03. The lowest BCUT2D eigenvalue weighted by Crippen LogP contribution is -2.08. The van der Waals surface area contributed by atoms with Gasteiger partial charge in [0.05, 0.1) is 11.5 Å². The van der Waals surface area contributed by atoms with Gasteiger partial charge >= 0.3 is 0 Å². The quantitative estimate of drug-likeness (QED) is 0.223. The van der Waals surface area contributed by atoms with Crippen molar-refractivity contribution < 1.29 is 23.9 Å². The summed E-state index contributed by atoms with van der Waals surface area (Å²) in [7, 11) is 0. The second-order valence-corrected chi connectivity index (χ2v) is 2.89. The first-order valence-electron chi connectivity index (χ1n) is 4.74. The van der Waals surface area contributed by atoms with E-state index in [4.69, 9.17) is 9.47 Å². The molecule has 7 nitrogen and oxygen atoms in total. The third-order valence-corrected chi connectivity index (χ3v) is 1.76. The molecule has 0 bridgehead atoms. The molecule has 0 radical (unpaired) electrons. The van der Waals surface area contributed by atoms with Gasteiger partial charge in [-0.3, -0.25) is 14.9 Å². The third-order valence-electron chi connectivity index (χ3n) is 1.76. The SMILES string of the molecule is O=COCOCCOc1ccc([N+](=O)[O-])cc1. The number of rotatable bonds is 8. The Morgan fingerprint density at radius 3 is 2.53 bits per heavy atom. The van der Waals surface area contributed by atoms with E-state index in [9.17, 15) is 14.9 Å². The molecule has 0 spiro atoms. The van der Waals surface area contributed by atoms with Gasteiger partial charge in [0.15, 0.2) is 6.79 Å². The number of non-ortho nitro benzene ring substituents is 1. The Bertz CT molecular complexity index is 364. The van der Waals surface area contributed by atoms with Crippen LogP contribution in [-0.2, 0) is 14.3 Å². The van der Waals surface area contributed by atoms with Gasteiger partial charge < -0.3 is 14.2 Å². The molecule has 1 rings (SSSR count). The van der Waals surface area contributed by atoms with Crippen molar-refractivity contribution in [2.24, 2.45) is 0 Å². The summed E-state index contributed by atoms with van der Waals surface area (Å²) in [5.41, 5.74) is 0.00739. The van der Waals surface area contributed by atoms with Crippen LogP contribution in [0.5, 0.6) is 5.75 Å². The number of carbonyl (C=O) groups excluding carboxylic acids is 1. The first-order chi connectivity index (χ1) is 8.24. The summed E-state index contributed by atoms with van der Waals surface area (Å²) in [5.74, 6) is 0.510. The van der Waals surface area contributed by atoms with Crippen LogP contribution in [0.25, 0.3) is 0 Å². The van der Waals surface area contributed by atoms with E-state index in [1.807, 2.05) is 0 Å². The maximum Gasteiger partial charge on any atom is 0.295 e. The summed E-state index contributed by atoms with van der Waals surface area (Å²) in [5, 5.41) is 10.4. The molecule has 0 aliphatic heterocycles. The lowest BCUT2D eigenvalue weighted by Gasteiger charge is -2.05. The number of benzene rings is 1. The molecule has 0 fully saturated rings. The molecular weight excluding hydrogens is 230 g/mol. The Morgan fingerprint density at radius 2 is 1.94 bits per heavy atom. The normalized spacial score (nSPS) is 9.65. The van der Waals surface area contributed by atoms with Crippen LogP contribution in [0.1, 0.15) is 0 Å². The number of hydrogen-bond donors (Lipinski definition) is 0. The van der Waals surface area contributed by atoms with Crippen molar-refractivity contribution in [3.05, 3.63) is 34.4 Å². The van der Waals surface area contributed by atoms with E-state index in [1.54, 1.807) is 0 Å². The molecule has 0 unspecified atom stereocenters. The zero-order valence-corrected chi connectivity index (χ0v) is 8.90. The van der Waals surface area contributed by atoms with Gasteiger partial charge in [0.2, 0.25) is 0 Å². The minimum atomic E-state index is -0.482. The number of nitro benzene ring substituents is 1. The molecule has 0 aliphatic rings. The minimum Gasteiger partial charge on any atom is -0.491 e. The van der Waals surface area contributed by atoms with Gasteiger partial charge in [0.25, 0.3) is 12.2 Å². The zero-order valence-electron chi connectivity index (χ0n) is 8.90. The summed E-state index contributed by atoms with van der Waals surface area (Å²) in [6.45, 7) is 0.690. The maximum absolute atomic E-state index is 10.4. The van der Waals surface area contributed by atoms with Gasteiger partial charge in [-0.2, -0.15) is 0 Å². The highest BCUT2D eigenvalue weighted by Crippen LogP contribution is 2.16. The van der Waals surface area contributed by atoms with Gasteiger partial charge in [-0.25, -0.2) is 0 Å². The molecule has 1 aromatic carbocycles. The van der Waals surface area contributed by atoms with Crippen molar-refractivity contribution in [2.45, 2.75) is 0 Å². The van der Waals surface area contributed by atoms with Gasteiger partial charge in [-0.05, 0) is 12.1 Å². The number of nitrogens with zero attached hydrogens (tertiary/aromatic N) is 1. The van der Waals surface area contributed by atoms with Crippen LogP contribution in [0.15, 0.2) is 24.3 Å². The number of nitro groups is 1. The fraction of sp³-hybridized carbons (Fsp3) is 0.300. The molecule has 0 aliphatic carbocycles. The number of carbonyl (C=O) groups is 1. The lowest BCUT2D eigenvalue weighted by atomic mass is 10.3. The zero-order chi connectivity index (χ0) is 12.5. The van der Waals surface area contributed by atoms with Gasteiger partial charge in [-0.15, -0.1) is 0 Å². The summed E-state index contributed by atoms with van der Waals surface area (Å²) >= 11 is 0. The molecule has 0 atom stereocenters. The largest absolute Gasteiger partial charge is 0.491 e. The van der Waals surface area contributed by atoms with Gasteiger partial charge in [-0.1, -0.05) is 0 Å². The Labute approximate surface area is 97.0 Å². The molecular formula is C10H11NO6. The second kappa shape index (κ2) is 7.18. The minimum absolute atomic E-state index is 0.00739. The first kappa shape index (κ1) is 12.9. The van der Waals surface area contributed by atoms with E-state index in [2.05, 4.69) is 4.74 Å². The molecule has 1 aromatic rings. The first-order valence-corrected chi connectivity index (χ1v) is 4.74. The Morgan fingerprint density at radius 1 is 1.24 bits per heavy atom. The average Bonchev–Trinajstić information content (AvgIpc) is 2.34. The highest BCUT2D eigenvalue weighted by atomic mass is 16.7. The molecule has 0 heterocycles. The van der Waals surface area contributed by atoms with Gasteiger partial charge in [0, 0.05) is 12.1 Å². The highest BCUT2D eigenvalue weighted by molar-refractivity contribution is 5.36. The summed E-state index contributed by atoms with van der Waals surface area (Å²) in [6, 6.07) is 5.71. The Balaban J connectivity index is 2.23. The second-order valence-electron chi connectivity index (χ2n) is 2.89. The fourth-order valence-corrected chi connectivity index (χ4v) is 1.02. The predicted octanol–water partition coefficient (Wildman–Crippen LogP) is 1.12. The van der Waals surface area contributed by atoms with Crippen LogP contribution in [0.2, 0.25) is 0 Å². The summed E-state index contributed by atoms with van der Waals surface area (Å²) in [6.07, 6.45) is 0. The van der Waals surface area contributed by atoms with E-state index in [1.165, 1.54) is 24.3 Å². The number of hydrogen-bond acceptors (Lipinski definition) is 6. The van der Waals surface area contributed by atoms with Crippen molar-refractivity contribution in [1.82, 2.24) is 0 Å². The Kier molecular flexibility index (Phi) is 5.45. The average molecular weight is 241 g/mol. The summed E-state index contributed by atoms with van der Waals surface area (Å²) < 4.78 is 14.4. The monoisotopic (exact) mass is 241 g/mol. The van der Waals surface area contributed by atoms with E-state index in [0.29, 0.717) is 5.75 Å². The molecule has 92 valence electrons. The van der Waals surface area contributed by atoms with E-state index >= 15 is 0 Å². The van der Waals surface area contributed by atoms with Crippen LogP contribution in [-0.4, -0.2) is 31.4 Å². The molecule has 0 aromatic heterocycles. The van der Waals surface area contributed by atoms with Crippen LogP contribution in [0, 0.1) is 10.1 Å². The van der Waals surface area contributed by atoms with Crippen molar-refractivity contribution >= 4 is 12.2 Å². The molecule has 7 heteroatoms. The van der Waals surface area contributed by atoms with E-state index in [0.717, 1.165) is 0 Å². The smallest absolute Gasteiger partial charge is 0.295 e. The van der Waals surface area contributed by atoms with Gasteiger partial charge in [0.1, 0.15) is 12.4 Å². The number of ether oxygens (including phenoxy) is 3. The Hall–Kier alpha value is -2.15. The van der Waals surface area contributed by atoms with Crippen LogP contribution >= 0.6 is 0 Å². The van der Waals surface area contributed by atoms with Crippen molar-refractivity contribution in [2.75, 3.05) is 20.0 Å². The molecule has 17 heavy (non-hydrogen) atoms. The van der Waals surface area contributed by atoms with Crippen LogP contribution < -0.4 is 4.74 Å². The molecule has 0 N–H and O–H groups in total. The van der Waals surface area contributed by atoms with Crippen molar-refractivity contribution in [3.8, 4) is 5.75 Å². The van der Waals surface area contributed by atoms with Crippen LogP contribution in [0.4, 0.5) is 5.69 Å². The van der Waals surface area contributed by atoms with Crippen molar-refractivity contribution in [3.63, 3.8) is 0 Å².